The highest BCUT2D eigenvalue weighted by atomic mass is 79.9. The molecule has 3 unspecified atom stereocenters. The lowest BCUT2D eigenvalue weighted by Crippen LogP contribution is -2.23. The van der Waals surface area contributed by atoms with Crippen molar-refractivity contribution in [2.45, 2.75) is 28.5 Å². The van der Waals surface area contributed by atoms with Gasteiger partial charge in [-0.15, -0.1) is 0 Å². The van der Waals surface area contributed by atoms with Crippen LogP contribution in [0.3, 0.4) is 0 Å². The third-order valence-electron chi connectivity index (χ3n) is 5.05. The zero-order valence-corrected chi connectivity index (χ0v) is 20.1. The fraction of sp³-hybridized carbons (Fsp3) is 0.381. The predicted octanol–water partition coefficient (Wildman–Crippen LogP) is 7.08. The van der Waals surface area contributed by atoms with E-state index in [4.69, 9.17) is 32.7 Å². The minimum Gasteiger partial charge on any atom is -0.461 e. The summed E-state index contributed by atoms with van der Waals surface area (Å²) in [6, 6.07) is 17.0. The quantitative estimate of drug-likeness (QED) is 0.273. The second-order valence-electron chi connectivity index (χ2n) is 7.44. The van der Waals surface area contributed by atoms with E-state index >= 15 is 0 Å². The number of benzene rings is 2. The Hall–Kier alpha value is -0.750. The van der Waals surface area contributed by atoms with Crippen LogP contribution in [0.2, 0.25) is 0 Å². The van der Waals surface area contributed by atoms with Crippen LogP contribution in [0.1, 0.15) is 19.4 Å². The topological polar surface area (TPSA) is 35.5 Å². The molecule has 0 spiro atoms. The van der Waals surface area contributed by atoms with Gasteiger partial charge < -0.3 is 9.47 Å². The maximum absolute atomic E-state index is 12.6. The fourth-order valence-electron chi connectivity index (χ4n) is 3.45. The number of halogens is 4. The maximum Gasteiger partial charge on any atom is 0.310 e. The molecule has 0 radical (unpaired) electrons. The number of carbonyl (C=O) groups is 1. The average molecular weight is 551 g/mol. The molecule has 1 saturated carbocycles. The van der Waals surface area contributed by atoms with Crippen molar-refractivity contribution in [1.82, 2.24) is 0 Å². The van der Waals surface area contributed by atoms with Gasteiger partial charge in [0.1, 0.15) is 18.1 Å². The molecule has 3 rings (SSSR count). The summed E-state index contributed by atoms with van der Waals surface area (Å²) in [6.07, 6.45) is 0. The normalized spacial score (nSPS) is 21.6. The highest BCUT2D eigenvalue weighted by Gasteiger charge is 2.67. The SMILES string of the molecule is CC1(C)C(C(=O)OCc2cccc(Oc3ccccc3)c2)C1C(Br)C(Cl)(Cl)Br. The molecule has 3 atom stereocenters. The van der Waals surface area contributed by atoms with Gasteiger partial charge in [-0.3, -0.25) is 4.79 Å². The largest absolute Gasteiger partial charge is 0.461 e. The van der Waals surface area contributed by atoms with Crippen LogP contribution in [0.15, 0.2) is 54.6 Å². The molecule has 0 bridgehead atoms. The summed E-state index contributed by atoms with van der Waals surface area (Å²) >= 11 is 19.0. The first kappa shape index (κ1) is 21.9. The second kappa shape index (κ2) is 8.55. The Balaban J connectivity index is 1.60. The first-order valence-corrected chi connectivity index (χ1v) is 11.3. The lowest BCUT2D eigenvalue weighted by Gasteiger charge is -2.20. The van der Waals surface area contributed by atoms with E-state index in [2.05, 4.69) is 31.9 Å². The minimum absolute atomic E-state index is 0.0258. The van der Waals surface area contributed by atoms with Crippen LogP contribution in [0.4, 0.5) is 0 Å². The summed E-state index contributed by atoms with van der Waals surface area (Å²) in [4.78, 5) is 12.4. The molecule has 28 heavy (non-hydrogen) atoms. The van der Waals surface area contributed by atoms with Crippen molar-refractivity contribution >= 4 is 61.0 Å². The van der Waals surface area contributed by atoms with E-state index in [1.54, 1.807) is 0 Å². The Labute approximate surface area is 191 Å². The molecule has 150 valence electrons. The molecule has 0 saturated heterocycles. The van der Waals surface area contributed by atoms with Crippen molar-refractivity contribution in [1.29, 1.82) is 0 Å². The third kappa shape index (κ3) is 5.05. The predicted molar refractivity (Wildman–Crippen MR) is 120 cm³/mol. The monoisotopic (exact) mass is 548 g/mol. The Morgan fingerprint density at radius 1 is 1.14 bits per heavy atom. The van der Waals surface area contributed by atoms with Crippen LogP contribution in [0, 0.1) is 17.3 Å². The number of esters is 1. The fourth-order valence-corrected chi connectivity index (χ4v) is 4.99. The number of carbonyl (C=O) groups excluding carboxylic acids is 1. The molecule has 1 aliphatic rings. The lowest BCUT2D eigenvalue weighted by molar-refractivity contribution is -0.147. The van der Waals surface area contributed by atoms with Crippen molar-refractivity contribution in [3.05, 3.63) is 60.2 Å². The van der Waals surface area contributed by atoms with Crippen molar-refractivity contribution in [3.63, 3.8) is 0 Å². The van der Waals surface area contributed by atoms with Gasteiger partial charge in [0, 0.05) is 0 Å². The number of hydrogen-bond acceptors (Lipinski definition) is 3. The van der Waals surface area contributed by atoms with Gasteiger partial charge in [0.25, 0.3) is 0 Å². The summed E-state index contributed by atoms with van der Waals surface area (Å²) < 4.78 is 10.2. The summed E-state index contributed by atoms with van der Waals surface area (Å²) in [5, 5.41) is 0. The summed E-state index contributed by atoms with van der Waals surface area (Å²) in [6.45, 7) is 4.20. The molecular weight excluding hydrogens is 531 g/mol. The van der Waals surface area contributed by atoms with Crippen molar-refractivity contribution in [2.75, 3.05) is 0 Å². The van der Waals surface area contributed by atoms with Crippen LogP contribution >= 0.6 is 55.1 Å². The Morgan fingerprint density at radius 3 is 2.43 bits per heavy atom. The molecule has 1 aliphatic carbocycles. The Bertz CT molecular complexity index is 837. The molecule has 0 N–H and O–H groups in total. The van der Waals surface area contributed by atoms with E-state index in [0.717, 1.165) is 11.3 Å². The molecule has 3 nitrogen and oxygen atoms in total. The van der Waals surface area contributed by atoms with Crippen LogP contribution in [0.5, 0.6) is 11.5 Å². The van der Waals surface area contributed by atoms with Crippen LogP contribution in [-0.2, 0) is 16.1 Å². The summed E-state index contributed by atoms with van der Waals surface area (Å²) in [7, 11) is 0. The number of rotatable bonds is 7. The van der Waals surface area contributed by atoms with E-state index in [9.17, 15) is 4.79 Å². The number of para-hydroxylation sites is 1. The highest BCUT2D eigenvalue weighted by Crippen LogP contribution is 2.65. The van der Waals surface area contributed by atoms with Crippen molar-refractivity contribution in [2.24, 2.45) is 17.3 Å². The molecule has 2 aromatic rings. The van der Waals surface area contributed by atoms with Crippen molar-refractivity contribution < 1.29 is 14.3 Å². The molecular formula is C21H20Br2Cl2O3. The second-order valence-corrected chi connectivity index (χ2v) is 12.0. The third-order valence-corrected chi connectivity index (χ3v) is 8.41. The van der Waals surface area contributed by atoms with Gasteiger partial charge in [-0.2, -0.15) is 0 Å². The van der Waals surface area contributed by atoms with Crippen LogP contribution < -0.4 is 4.74 Å². The molecule has 0 aliphatic heterocycles. The van der Waals surface area contributed by atoms with Gasteiger partial charge in [-0.05, 0) is 57.1 Å². The lowest BCUT2D eigenvalue weighted by atomic mass is 10.1. The van der Waals surface area contributed by atoms with Crippen LogP contribution in [0.25, 0.3) is 0 Å². The molecule has 1 fully saturated rings. The van der Waals surface area contributed by atoms with E-state index in [0.29, 0.717) is 5.75 Å². The molecule has 2 aromatic carbocycles. The number of ether oxygens (including phenoxy) is 2. The Kier molecular flexibility index (Phi) is 6.70. The summed E-state index contributed by atoms with van der Waals surface area (Å²) in [5.41, 5.74) is 0.614. The van der Waals surface area contributed by atoms with Gasteiger partial charge in [-0.1, -0.05) is 83.3 Å². The van der Waals surface area contributed by atoms with Gasteiger partial charge in [0.2, 0.25) is 0 Å². The molecule has 7 heteroatoms. The zero-order chi connectivity index (χ0) is 20.5. The number of alkyl halides is 4. The molecule has 0 amide bonds. The Morgan fingerprint density at radius 2 is 1.79 bits per heavy atom. The van der Waals surface area contributed by atoms with E-state index in [1.165, 1.54) is 0 Å². The summed E-state index contributed by atoms with van der Waals surface area (Å²) in [5.74, 6) is 0.900. The highest BCUT2D eigenvalue weighted by molar-refractivity contribution is 9.13. The van der Waals surface area contributed by atoms with Gasteiger partial charge in [0.05, 0.1) is 10.7 Å². The molecule has 0 aromatic heterocycles. The average Bonchev–Trinajstić information content (AvgIpc) is 3.21. The number of hydrogen-bond donors (Lipinski definition) is 0. The van der Waals surface area contributed by atoms with Gasteiger partial charge in [0.15, 0.2) is 3.24 Å². The first-order valence-electron chi connectivity index (χ1n) is 8.80. The molecule has 0 heterocycles. The van der Waals surface area contributed by atoms with Crippen molar-refractivity contribution in [3.8, 4) is 11.5 Å². The standard InChI is InChI=1S/C21H20Br2Cl2O3/c1-20(2)16(18(22)21(23,24)25)17(20)19(26)27-12-13-7-6-10-15(11-13)28-14-8-4-3-5-9-14/h3-11,16-18H,12H2,1-2H3. The first-order chi connectivity index (χ1) is 13.1. The smallest absolute Gasteiger partial charge is 0.310 e. The maximum atomic E-state index is 12.6. The van der Waals surface area contributed by atoms with Crippen LogP contribution in [-0.4, -0.2) is 14.0 Å². The van der Waals surface area contributed by atoms with E-state index in [1.807, 2.05) is 68.4 Å². The van der Waals surface area contributed by atoms with Gasteiger partial charge >= 0.3 is 5.97 Å². The minimum atomic E-state index is -1.15. The zero-order valence-electron chi connectivity index (χ0n) is 15.4. The van der Waals surface area contributed by atoms with Gasteiger partial charge in [-0.25, -0.2) is 0 Å². The van der Waals surface area contributed by atoms with E-state index < -0.39 is 3.24 Å². The van der Waals surface area contributed by atoms with E-state index in [-0.39, 0.29) is 34.7 Å².